The minimum absolute atomic E-state index is 0.0529. The Bertz CT molecular complexity index is 779. The van der Waals surface area contributed by atoms with E-state index < -0.39 is 5.82 Å². The van der Waals surface area contributed by atoms with Crippen LogP contribution < -0.4 is 0 Å². The monoisotopic (exact) mass is 312 g/mol. The molecule has 3 nitrogen and oxygen atoms in total. The van der Waals surface area contributed by atoms with Gasteiger partial charge in [-0.25, -0.2) is 9.37 Å². The number of benzene rings is 1. The Morgan fingerprint density at radius 3 is 2.80 bits per heavy atom. The number of furan rings is 1. The van der Waals surface area contributed by atoms with Gasteiger partial charge in [0.2, 0.25) is 0 Å². The van der Waals surface area contributed by atoms with Crippen LogP contribution in [0.25, 0.3) is 11.0 Å². The molecule has 104 valence electrons. The highest BCUT2D eigenvalue weighted by molar-refractivity contribution is 6.31. The maximum atomic E-state index is 13.7. The topological polar surface area (TPSA) is 31.0 Å². The van der Waals surface area contributed by atoms with Crippen molar-refractivity contribution < 1.29 is 8.81 Å². The lowest BCUT2D eigenvalue weighted by Gasteiger charge is -2.05. The lowest BCUT2D eigenvalue weighted by atomic mass is 10.3. The van der Waals surface area contributed by atoms with Crippen LogP contribution in [0.15, 0.2) is 28.7 Å². The van der Waals surface area contributed by atoms with E-state index in [1.165, 1.54) is 12.1 Å². The second-order valence-corrected chi connectivity index (χ2v) is 5.19. The molecule has 0 atom stereocenters. The average Bonchev–Trinajstić information content (AvgIpc) is 2.96. The van der Waals surface area contributed by atoms with Gasteiger partial charge in [-0.3, -0.25) is 0 Å². The molecule has 0 bridgehead atoms. The van der Waals surface area contributed by atoms with Crippen molar-refractivity contribution in [3.8, 4) is 0 Å². The number of rotatable bonds is 3. The molecule has 6 heteroatoms. The van der Waals surface area contributed by atoms with Crippen molar-refractivity contribution in [1.29, 1.82) is 0 Å². The molecule has 0 N–H and O–H groups in total. The number of halogens is 3. The Morgan fingerprint density at radius 2 is 2.15 bits per heavy atom. The smallest absolute Gasteiger partial charge is 0.144 e. The van der Waals surface area contributed by atoms with E-state index in [0.29, 0.717) is 23.4 Å². The number of aromatic nitrogens is 2. The van der Waals surface area contributed by atoms with E-state index in [0.717, 1.165) is 11.5 Å². The van der Waals surface area contributed by atoms with Crippen LogP contribution in [-0.4, -0.2) is 9.55 Å². The molecule has 0 spiro atoms. The standard InChI is InChI=1S/C14H11Cl2FN2O/c1-8-2-3-9(20-8)7-19-13-5-11(17)10(16)4-12(13)18-14(19)6-15/h2-5H,6-7H2,1H3. The van der Waals surface area contributed by atoms with Crippen molar-refractivity contribution in [2.75, 3.05) is 0 Å². The van der Waals surface area contributed by atoms with Gasteiger partial charge in [0.05, 0.1) is 28.5 Å². The number of alkyl halides is 1. The molecular weight excluding hydrogens is 302 g/mol. The molecule has 0 radical (unpaired) electrons. The summed E-state index contributed by atoms with van der Waals surface area (Å²) in [5.74, 6) is 2.00. The Morgan fingerprint density at radius 1 is 1.35 bits per heavy atom. The number of imidazole rings is 1. The quantitative estimate of drug-likeness (QED) is 0.666. The van der Waals surface area contributed by atoms with Crippen LogP contribution in [0.2, 0.25) is 5.02 Å². The third kappa shape index (κ3) is 2.30. The van der Waals surface area contributed by atoms with Gasteiger partial charge in [0.15, 0.2) is 0 Å². The molecule has 2 aromatic heterocycles. The molecule has 20 heavy (non-hydrogen) atoms. The summed E-state index contributed by atoms with van der Waals surface area (Å²) in [6, 6.07) is 6.64. The molecule has 0 saturated carbocycles. The molecule has 0 saturated heterocycles. The molecular formula is C14H11Cl2FN2O. The Hall–Kier alpha value is -1.52. The number of nitrogens with zero attached hydrogens (tertiary/aromatic N) is 2. The van der Waals surface area contributed by atoms with Crippen molar-refractivity contribution in [2.45, 2.75) is 19.3 Å². The summed E-state index contributed by atoms with van der Waals surface area (Å²) in [6.45, 7) is 2.32. The van der Waals surface area contributed by atoms with Crippen LogP contribution >= 0.6 is 23.2 Å². The number of fused-ring (bicyclic) bond motifs is 1. The van der Waals surface area contributed by atoms with E-state index in [1.807, 2.05) is 23.6 Å². The first-order valence-electron chi connectivity index (χ1n) is 6.04. The lowest BCUT2D eigenvalue weighted by molar-refractivity contribution is 0.470. The summed E-state index contributed by atoms with van der Waals surface area (Å²) in [5, 5.41) is 0.0529. The van der Waals surface area contributed by atoms with Crippen LogP contribution in [0, 0.1) is 12.7 Å². The molecule has 0 aliphatic heterocycles. The predicted molar refractivity (Wildman–Crippen MR) is 76.8 cm³/mol. The van der Waals surface area contributed by atoms with Crippen LogP contribution in [0.3, 0.4) is 0 Å². The first kappa shape index (κ1) is 13.5. The van der Waals surface area contributed by atoms with E-state index in [4.69, 9.17) is 27.6 Å². The molecule has 0 fully saturated rings. The van der Waals surface area contributed by atoms with E-state index in [9.17, 15) is 4.39 Å². The van der Waals surface area contributed by atoms with Gasteiger partial charge in [-0.15, -0.1) is 11.6 Å². The lowest BCUT2D eigenvalue weighted by Crippen LogP contribution is -2.03. The summed E-state index contributed by atoms with van der Waals surface area (Å²) < 4.78 is 21.0. The van der Waals surface area contributed by atoms with E-state index in [1.54, 1.807) is 0 Å². The maximum absolute atomic E-state index is 13.7. The zero-order valence-corrected chi connectivity index (χ0v) is 12.2. The van der Waals surface area contributed by atoms with Gasteiger partial charge in [0, 0.05) is 6.07 Å². The summed E-state index contributed by atoms with van der Waals surface area (Å²) in [6.07, 6.45) is 0. The summed E-state index contributed by atoms with van der Waals surface area (Å²) in [4.78, 5) is 4.37. The zero-order valence-electron chi connectivity index (χ0n) is 10.7. The minimum Gasteiger partial charge on any atom is -0.464 e. The molecule has 0 aliphatic rings. The van der Waals surface area contributed by atoms with E-state index in [-0.39, 0.29) is 10.9 Å². The van der Waals surface area contributed by atoms with E-state index >= 15 is 0 Å². The van der Waals surface area contributed by atoms with E-state index in [2.05, 4.69) is 4.98 Å². The second kappa shape index (κ2) is 5.11. The highest BCUT2D eigenvalue weighted by atomic mass is 35.5. The zero-order chi connectivity index (χ0) is 14.3. The average molecular weight is 313 g/mol. The van der Waals surface area contributed by atoms with Crippen LogP contribution in [-0.2, 0) is 12.4 Å². The Balaban J connectivity index is 2.14. The number of hydrogen-bond acceptors (Lipinski definition) is 2. The number of aryl methyl sites for hydroxylation is 1. The first-order chi connectivity index (χ1) is 9.58. The first-order valence-corrected chi connectivity index (χ1v) is 6.95. The fraction of sp³-hybridized carbons (Fsp3) is 0.214. The van der Waals surface area contributed by atoms with Crippen molar-refractivity contribution in [1.82, 2.24) is 9.55 Å². The SMILES string of the molecule is Cc1ccc(Cn2c(CCl)nc3cc(Cl)c(F)cc32)o1. The van der Waals surface area contributed by atoms with Crippen LogP contribution in [0.1, 0.15) is 17.3 Å². The predicted octanol–water partition coefficient (Wildman–Crippen LogP) is 4.52. The summed E-state index contributed by atoms with van der Waals surface area (Å²) in [5.41, 5.74) is 1.27. The molecule has 0 unspecified atom stereocenters. The third-order valence-electron chi connectivity index (χ3n) is 3.10. The fourth-order valence-corrected chi connectivity index (χ4v) is 2.54. The van der Waals surface area contributed by atoms with Gasteiger partial charge in [0.1, 0.15) is 23.2 Å². The maximum Gasteiger partial charge on any atom is 0.144 e. The highest BCUT2D eigenvalue weighted by Crippen LogP contribution is 2.25. The van der Waals surface area contributed by atoms with Gasteiger partial charge in [-0.1, -0.05) is 11.6 Å². The van der Waals surface area contributed by atoms with Gasteiger partial charge < -0.3 is 8.98 Å². The molecule has 3 rings (SSSR count). The summed E-state index contributed by atoms with van der Waals surface area (Å²) >= 11 is 11.7. The minimum atomic E-state index is -0.475. The highest BCUT2D eigenvalue weighted by Gasteiger charge is 2.14. The molecule has 2 heterocycles. The molecule has 0 aliphatic carbocycles. The van der Waals surface area contributed by atoms with Gasteiger partial charge in [-0.2, -0.15) is 0 Å². The van der Waals surface area contributed by atoms with Crippen molar-refractivity contribution >= 4 is 34.2 Å². The normalized spacial score (nSPS) is 11.4. The van der Waals surface area contributed by atoms with Crippen molar-refractivity contribution in [2.24, 2.45) is 0 Å². The summed E-state index contributed by atoms with van der Waals surface area (Å²) in [7, 11) is 0. The molecule has 0 amide bonds. The van der Waals surface area contributed by atoms with Gasteiger partial charge in [0.25, 0.3) is 0 Å². The Kier molecular flexibility index (Phi) is 3.44. The fourth-order valence-electron chi connectivity index (χ4n) is 2.17. The second-order valence-electron chi connectivity index (χ2n) is 4.52. The third-order valence-corrected chi connectivity index (χ3v) is 3.63. The van der Waals surface area contributed by atoms with Crippen LogP contribution in [0.4, 0.5) is 4.39 Å². The van der Waals surface area contributed by atoms with Gasteiger partial charge in [-0.05, 0) is 25.1 Å². The van der Waals surface area contributed by atoms with Crippen molar-refractivity contribution in [3.63, 3.8) is 0 Å². The van der Waals surface area contributed by atoms with Gasteiger partial charge >= 0.3 is 0 Å². The Labute approximate surface area is 124 Å². The van der Waals surface area contributed by atoms with Crippen molar-refractivity contribution in [3.05, 3.63) is 52.5 Å². The molecule has 3 aromatic rings. The largest absolute Gasteiger partial charge is 0.464 e. The number of hydrogen-bond donors (Lipinski definition) is 0. The van der Waals surface area contributed by atoms with Crippen LogP contribution in [0.5, 0.6) is 0 Å². The molecule has 1 aromatic carbocycles.